The van der Waals surface area contributed by atoms with E-state index in [2.05, 4.69) is 4.98 Å². The van der Waals surface area contributed by atoms with E-state index in [1.165, 1.54) is 12.1 Å². The van der Waals surface area contributed by atoms with Crippen molar-refractivity contribution in [3.8, 4) is 0 Å². The van der Waals surface area contributed by atoms with Gasteiger partial charge in [-0.05, 0) is 17.7 Å². The molecule has 0 spiro atoms. The van der Waals surface area contributed by atoms with Gasteiger partial charge < -0.3 is 5.11 Å². The first-order valence-electron chi connectivity index (χ1n) is 4.73. The Morgan fingerprint density at radius 3 is 2.44 bits per heavy atom. The monoisotopic (exact) mass is 237 g/mol. The second-order valence-corrected chi connectivity index (χ2v) is 3.71. The highest BCUT2D eigenvalue weighted by Crippen LogP contribution is 2.24. The second-order valence-electron chi connectivity index (χ2n) is 3.33. The van der Waals surface area contributed by atoms with Gasteiger partial charge in [0.15, 0.2) is 0 Å². The summed E-state index contributed by atoms with van der Waals surface area (Å²) in [5.41, 5.74) is 0.737. The summed E-state index contributed by atoms with van der Waals surface area (Å²) >= 11 is 5.53. The number of nitrogens with zero attached hydrogens (tertiary/aromatic N) is 1. The van der Waals surface area contributed by atoms with Gasteiger partial charge in [-0.25, -0.2) is 4.98 Å². The van der Waals surface area contributed by atoms with Gasteiger partial charge in [0, 0.05) is 5.56 Å². The molecule has 0 radical (unpaired) electrons. The fourth-order valence-electron chi connectivity index (χ4n) is 1.44. The summed E-state index contributed by atoms with van der Waals surface area (Å²) in [5, 5.41) is 10.0. The SMILES string of the molecule is OC(c1ccccc1)c1ccc(Cl)nc1F. The fourth-order valence-corrected chi connectivity index (χ4v) is 1.58. The van der Waals surface area contributed by atoms with E-state index in [0.29, 0.717) is 5.56 Å². The van der Waals surface area contributed by atoms with Crippen molar-refractivity contribution < 1.29 is 9.50 Å². The first-order chi connectivity index (χ1) is 7.68. The lowest BCUT2D eigenvalue weighted by atomic mass is 10.0. The topological polar surface area (TPSA) is 33.1 Å². The van der Waals surface area contributed by atoms with Crippen LogP contribution in [0, 0.1) is 5.95 Å². The summed E-state index contributed by atoms with van der Waals surface area (Å²) in [4.78, 5) is 3.46. The molecule has 1 heterocycles. The van der Waals surface area contributed by atoms with E-state index < -0.39 is 12.1 Å². The highest BCUT2D eigenvalue weighted by molar-refractivity contribution is 6.29. The predicted octanol–water partition coefficient (Wildman–Crippen LogP) is 2.96. The Balaban J connectivity index is 2.38. The lowest BCUT2D eigenvalue weighted by Gasteiger charge is -2.11. The van der Waals surface area contributed by atoms with Crippen molar-refractivity contribution in [3.05, 3.63) is 64.7 Å². The average molecular weight is 238 g/mol. The quantitative estimate of drug-likeness (QED) is 0.815. The van der Waals surface area contributed by atoms with Gasteiger partial charge in [0.05, 0.1) is 0 Å². The van der Waals surface area contributed by atoms with Crippen molar-refractivity contribution >= 4 is 11.6 Å². The smallest absolute Gasteiger partial charge is 0.220 e. The van der Waals surface area contributed by atoms with Crippen LogP contribution in [0.4, 0.5) is 4.39 Å². The summed E-state index contributed by atoms with van der Waals surface area (Å²) in [5.74, 6) is -0.746. The van der Waals surface area contributed by atoms with Crippen LogP contribution in [0.1, 0.15) is 17.2 Å². The highest BCUT2D eigenvalue weighted by Gasteiger charge is 2.15. The molecule has 1 aromatic heterocycles. The van der Waals surface area contributed by atoms with E-state index in [4.69, 9.17) is 11.6 Å². The number of rotatable bonds is 2. The van der Waals surface area contributed by atoms with Crippen LogP contribution < -0.4 is 0 Å². The van der Waals surface area contributed by atoms with Gasteiger partial charge in [0.1, 0.15) is 11.3 Å². The van der Waals surface area contributed by atoms with Crippen molar-refractivity contribution in [2.75, 3.05) is 0 Å². The normalized spacial score (nSPS) is 12.4. The van der Waals surface area contributed by atoms with Crippen molar-refractivity contribution in [2.45, 2.75) is 6.10 Å². The number of aromatic nitrogens is 1. The Hall–Kier alpha value is -1.45. The van der Waals surface area contributed by atoms with Gasteiger partial charge in [-0.3, -0.25) is 0 Å². The molecule has 82 valence electrons. The van der Waals surface area contributed by atoms with Gasteiger partial charge >= 0.3 is 0 Å². The van der Waals surface area contributed by atoms with Gasteiger partial charge in [-0.15, -0.1) is 0 Å². The molecule has 0 amide bonds. The zero-order valence-corrected chi connectivity index (χ0v) is 9.03. The molecule has 16 heavy (non-hydrogen) atoms. The molecule has 2 nitrogen and oxygen atoms in total. The van der Waals surface area contributed by atoms with E-state index in [1.807, 2.05) is 6.07 Å². The van der Waals surface area contributed by atoms with Crippen LogP contribution in [0.25, 0.3) is 0 Å². The van der Waals surface area contributed by atoms with Crippen molar-refractivity contribution in [2.24, 2.45) is 0 Å². The molecular formula is C12H9ClFNO. The largest absolute Gasteiger partial charge is 0.383 e. The van der Waals surface area contributed by atoms with E-state index in [9.17, 15) is 9.50 Å². The van der Waals surface area contributed by atoms with Gasteiger partial charge in [0.25, 0.3) is 0 Å². The first-order valence-corrected chi connectivity index (χ1v) is 5.11. The minimum absolute atomic E-state index is 0.0708. The van der Waals surface area contributed by atoms with Crippen LogP contribution in [0.5, 0.6) is 0 Å². The minimum Gasteiger partial charge on any atom is -0.383 e. The number of benzene rings is 1. The van der Waals surface area contributed by atoms with Crippen molar-refractivity contribution in [1.82, 2.24) is 4.98 Å². The summed E-state index contributed by atoms with van der Waals surface area (Å²) in [6.07, 6.45) is -1.02. The Morgan fingerprint density at radius 2 is 1.81 bits per heavy atom. The highest BCUT2D eigenvalue weighted by atomic mass is 35.5. The molecule has 1 N–H and O–H groups in total. The first kappa shape index (κ1) is 11.0. The van der Waals surface area contributed by atoms with Crippen molar-refractivity contribution in [3.63, 3.8) is 0 Å². The molecule has 4 heteroatoms. The summed E-state index contributed by atoms with van der Waals surface area (Å²) in [6, 6.07) is 11.7. The zero-order valence-electron chi connectivity index (χ0n) is 8.27. The number of halogens is 2. The van der Waals surface area contributed by atoms with E-state index >= 15 is 0 Å². The number of hydrogen-bond acceptors (Lipinski definition) is 2. The number of hydrogen-bond donors (Lipinski definition) is 1. The molecular weight excluding hydrogens is 229 g/mol. The minimum atomic E-state index is -1.02. The molecule has 0 saturated carbocycles. The summed E-state index contributed by atoms with van der Waals surface area (Å²) in [6.45, 7) is 0. The summed E-state index contributed by atoms with van der Waals surface area (Å²) < 4.78 is 13.4. The molecule has 1 unspecified atom stereocenters. The summed E-state index contributed by atoms with van der Waals surface area (Å²) in [7, 11) is 0. The Morgan fingerprint density at radius 1 is 1.12 bits per heavy atom. The second kappa shape index (κ2) is 4.60. The zero-order chi connectivity index (χ0) is 11.5. The maximum absolute atomic E-state index is 13.4. The third-order valence-corrected chi connectivity index (χ3v) is 2.46. The van der Waals surface area contributed by atoms with Gasteiger partial charge in [-0.1, -0.05) is 41.9 Å². The standard InChI is InChI=1S/C12H9ClFNO/c13-10-7-6-9(12(14)15-10)11(16)8-4-2-1-3-5-8/h1-7,11,16H. The molecule has 0 bridgehead atoms. The molecule has 2 aromatic rings. The van der Waals surface area contributed by atoms with Crippen LogP contribution in [-0.2, 0) is 0 Å². The maximum atomic E-state index is 13.4. The molecule has 1 atom stereocenters. The number of aliphatic hydroxyl groups is 1. The maximum Gasteiger partial charge on any atom is 0.220 e. The van der Waals surface area contributed by atoms with Crippen LogP contribution in [0.2, 0.25) is 5.15 Å². The van der Waals surface area contributed by atoms with Gasteiger partial charge in [0.2, 0.25) is 5.95 Å². The molecule has 1 aromatic carbocycles. The lowest BCUT2D eigenvalue weighted by Crippen LogP contribution is -2.03. The lowest BCUT2D eigenvalue weighted by molar-refractivity contribution is 0.213. The molecule has 0 fully saturated rings. The van der Waals surface area contributed by atoms with Crippen LogP contribution in [-0.4, -0.2) is 10.1 Å². The van der Waals surface area contributed by atoms with Gasteiger partial charge in [-0.2, -0.15) is 4.39 Å². The third-order valence-electron chi connectivity index (χ3n) is 2.25. The molecule has 0 saturated heterocycles. The Labute approximate surface area is 97.3 Å². The fraction of sp³-hybridized carbons (Fsp3) is 0.0833. The van der Waals surface area contributed by atoms with E-state index in [-0.39, 0.29) is 10.7 Å². The molecule has 0 aliphatic carbocycles. The Bertz CT molecular complexity index is 490. The van der Waals surface area contributed by atoms with Crippen LogP contribution in [0.3, 0.4) is 0 Å². The van der Waals surface area contributed by atoms with Crippen molar-refractivity contribution in [1.29, 1.82) is 0 Å². The molecule has 2 rings (SSSR count). The van der Waals surface area contributed by atoms with E-state index in [0.717, 1.165) is 0 Å². The van der Waals surface area contributed by atoms with Crippen LogP contribution in [0.15, 0.2) is 42.5 Å². The average Bonchev–Trinajstić information content (AvgIpc) is 2.29. The predicted molar refractivity (Wildman–Crippen MR) is 59.7 cm³/mol. The molecule has 0 aliphatic heterocycles. The Kier molecular flexibility index (Phi) is 3.17. The third kappa shape index (κ3) is 2.21. The molecule has 0 aliphatic rings. The number of aliphatic hydroxyl groups excluding tert-OH is 1. The van der Waals surface area contributed by atoms with E-state index in [1.54, 1.807) is 24.3 Å². The van der Waals surface area contributed by atoms with Crippen LogP contribution >= 0.6 is 11.6 Å². The number of pyridine rings is 1.